The molecule has 1 aliphatic carbocycles. The number of carbonyl (C=O) groups excluding carboxylic acids is 1. The lowest BCUT2D eigenvalue weighted by atomic mass is 10.2. The van der Waals surface area contributed by atoms with Crippen LogP contribution in [0.25, 0.3) is 0 Å². The van der Waals surface area contributed by atoms with Gasteiger partial charge in [-0.1, -0.05) is 11.6 Å². The molecule has 23 heavy (non-hydrogen) atoms. The third kappa shape index (κ3) is 3.97. The number of halogens is 1. The summed E-state index contributed by atoms with van der Waals surface area (Å²) in [7, 11) is -3.26. The summed E-state index contributed by atoms with van der Waals surface area (Å²) in [6.07, 6.45) is 3.10. The number of ether oxygens (including phenoxy) is 1. The Bertz CT molecular complexity index is 701. The largest absolute Gasteiger partial charge is 0.477 e. The third-order valence-corrected chi connectivity index (χ3v) is 5.09. The van der Waals surface area contributed by atoms with E-state index in [0.29, 0.717) is 43.1 Å². The number of carbonyl (C=O) groups is 1. The van der Waals surface area contributed by atoms with Crippen LogP contribution in [0.5, 0.6) is 5.75 Å². The van der Waals surface area contributed by atoms with Gasteiger partial charge in [0, 0.05) is 37.0 Å². The molecule has 1 amide bonds. The molecule has 0 unspecified atom stereocenters. The van der Waals surface area contributed by atoms with E-state index in [2.05, 4.69) is 4.72 Å². The van der Waals surface area contributed by atoms with Gasteiger partial charge in [-0.2, -0.15) is 0 Å². The van der Waals surface area contributed by atoms with Crippen molar-refractivity contribution in [1.82, 2.24) is 9.62 Å². The number of hydrogen-bond acceptors (Lipinski definition) is 4. The minimum atomic E-state index is -3.26. The molecule has 126 valence electrons. The van der Waals surface area contributed by atoms with Crippen LogP contribution in [0.1, 0.15) is 19.3 Å². The molecule has 1 aromatic carbocycles. The predicted octanol–water partition coefficient (Wildman–Crippen LogP) is 1.40. The van der Waals surface area contributed by atoms with Crippen LogP contribution in [0, 0.1) is 0 Å². The molecule has 1 atom stereocenters. The van der Waals surface area contributed by atoms with Crippen LogP contribution < -0.4 is 9.46 Å². The Labute approximate surface area is 140 Å². The number of nitrogens with one attached hydrogen (secondary N) is 1. The molecule has 1 heterocycles. The molecule has 0 spiro atoms. The molecular weight excluding hydrogens is 340 g/mol. The monoisotopic (exact) mass is 358 g/mol. The van der Waals surface area contributed by atoms with Gasteiger partial charge in [-0.25, -0.2) is 13.1 Å². The van der Waals surface area contributed by atoms with E-state index in [1.807, 2.05) is 0 Å². The molecule has 8 heteroatoms. The van der Waals surface area contributed by atoms with Crippen molar-refractivity contribution in [1.29, 1.82) is 0 Å². The predicted molar refractivity (Wildman–Crippen MR) is 87.0 cm³/mol. The van der Waals surface area contributed by atoms with Crippen LogP contribution in [0.3, 0.4) is 0 Å². The fourth-order valence-electron chi connectivity index (χ4n) is 2.83. The Kier molecular flexibility index (Phi) is 4.29. The smallest absolute Gasteiger partial charge is 0.266 e. The first-order valence-electron chi connectivity index (χ1n) is 7.49. The average Bonchev–Trinajstić information content (AvgIpc) is 3.11. The summed E-state index contributed by atoms with van der Waals surface area (Å²) in [5.74, 6) is 0.551. The Hall–Kier alpha value is -1.31. The van der Waals surface area contributed by atoms with E-state index in [4.69, 9.17) is 16.3 Å². The second kappa shape index (κ2) is 5.96. The Balaban J connectivity index is 1.63. The minimum Gasteiger partial charge on any atom is -0.477 e. The fraction of sp³-hybridized carbons (Fsp3) is 0.533. The van der Waals surface area contributed by atoms with E-state index in [-0.39, 0.29) is 11.9 Å². The second-order valence-corrected chi connectivity index (χ2v) is 8.39. The third-order valence-electron chi connectivity index (χ3n) is 4.08. The topological polar surface area (TPSA) is 75.7 Å². The molecule has 2 aliphatic rings. The summed E-state index contributed by atoms with van der Waals surface area (Å²) in [5, 5.41) is 0.614. The maximum Gasteiger partial charge on any atom is 0.266 e. The van der Waals surface area contributed by atoms with Crippen LogP contribution in [0.4, 0.5) is 0 Å². The van der Waals surface area contributed by atoms with E-state index in [1.54, 1.807) is 29.2 Å². The lowest BCUT2D eigenvalue weighted by Gasteiger charge is -2.24. The SMILES string of the molecule is CS(=O)(=O)N[C@H]1CCN(C(=O)C2(Oc3ccc(Cl)cc3)CC2)C1. The van der Waals surface area contributed by atoms with Crippen molar-refractivity contribution in [2.45, 2.75) is 30.9 Å². The number of hydrogen-bond donors (Lipinski definition) is 1. The van der Waals surface area contributed by atoms with Gasteiger partial charge in [0.25, 0.3) is 5.91 Å². The molecule has 0 aromatic heterocycles. The Morgan fingerprint density at radius 1 is 1.35 bits per heavy atom. The van der Waals surface area contributed by atoms with Gasteiger partial charge in [0.05, 0.1) is 6.26 Å². The zero-order valence-electron chi connectivity index (χ0n) is 12.8. The van der Waals surface area contributed by atoms with Gasteiger partial charge in [0.1, 0.15) is 5.75 Å². The van der Waals surface area contributed by atoms with Crippen molar-refractivity contribution in [3.63, 3.8) is 0 Å². The fourth-order valence-corrected chi connectivity index (χ4v) is 3.76. The average molecular weight is 359 g/mol. The minimum absolute atomic E-state index is 0.0646. The van der Waals surface area contributed by atoms with Gasteiger partial charge in [0.2, 0.25) is 10.0 Å². The van der Waals surface area contributed by atoms with Crippen molar-refractivity contribution in [3.05, 3.63) is 29.3 Å². The molecular formula is C15H19ClN2O4S. The highest BCUT2D eigenvalue weighted by molar-refractivity contribution is 7.88. The first-order chi connectivity index (χ1) is 10.8. The Morgan fingerprint density at radius 2 is 2.00 bits per heavy atom. The molecule has 3 rings (SSSR count). The summed E-state index contributed by atoms with van der Waals surface area (Å²) in [4.78, 5) is 14.4. The van der Waals surface area contributed by atoms with E-state index in [1.165, 1.54) is 0 Å². The van der Waals surface area contributed by atoms with Crippen molar-refractivity contribution >= 4 is 27.5 Å². The molecule has 2 fully saturated rings. The van der Waals surface area contributed by atoms with Crippen molar-refractivity contribution in [3.8, 4) is 5.75 Å². The summed E-state index contributed by atoms with van der Waals surface area (Å²) in [6.45, 7) is 0.926. The van der Waals surface area contributed by atoms with E-state index < -0.39 is 15.6 Å². The Morgan fingerprint density at radius 3 is 2.57 bits per heavy atom. The van der Waals surface area contributed by atoms with Crippen LogP contribution in [-0.4, -0.2) is 50.2 Å². The van der Waals surface area contributed by atoms with Gasteiger partial charge in [-0.15, -0.1) is 0 Å². The van der Waals surface area contributed by atoms with Crippen molar-refractivity contribution < 1.29 is 17.9 Å². The van der Waals surface area contributed by atoms with Gasteiger partial charge in [-0.05, 0) is 30.7 Å². The standard InChI is InChI=1S/C15H19ClN2O4S/c1-23(20,21)17-12-6-9-18(10-12)14(19)15(7-8-15)22-13-4-2-11(16)3-5-13/h2-5,12,17H,6-10H2,1H3/t12-/m0/s1. The van der Waals surface area contributed by atoms with Crippen LogP contribution in [0.2, 0.25) is 5.02 Å². The highest BCUT2D eigenvalue weighted by Gasteiger charge is 2.55. The summed E-state index contributed by atoms with van der Waals surface area (Å²) >= 11 is 5.85. The van der Waals surface area contributed by atoms with Crippen molar-refractivity contribution in [2.75, 3.05) is 19.3 Å². The summed E-state index contributed by atoms with van der Waals surface area (Å²) in [6, 6.07) is 6.71. The maximum atomic E-state index is 12.7. The van der Waals surface area contributed by atoms with Gasteiger partial charge < -0.3 is 9.64 Å². The maximum absolute atomic E-state index is 12.7. The molecule has 1 aromatic rings. The van der Waals surface area contributed by atoms with Crippen LogP contribution in [-0.2, 0) is 14.8 Å². The molecule has 1 saturated carbocycles. The molecule has 0 bridgehead atoms. The highest BCUT2D eigenvalue weighted by Crippen LogP contribution is 2.42. The number of likely N-dealkylation sites (tertiary alicyclic amines) is 1. The lowest BCUT2D eigenvalue weighted by molar-refractivity contribution is -0.139. The number of amides is 1. The van der Waals surface area contributed by atoms with E-state index in [9.17, 15) is 13.2 Å². The number of sulfonamides is 1. The molecule has 1 N–H and O–H groups in total. The molecule has 1 aliphatic heterocycles. The summed E-state index contributed by atoms with van der Waals surface area (Å²) < 4.78 is 31.0. The first kappa shape index (κ1) is 16.5. The highest BCUT2D eigenvalue weighted by atomic mass is 35.5. The van der Waals surface area contributed by atoms with Crippen molar-refractivity contribution in [2.24, 2.45) is 0 Å². The number of nitrogens with zero attached hydrogens (tertiary/aromatic N) is 1. The van der Waals surface area contributed by atoms with Crippen LogP contribution in [0.15, 0.2) is 24.3 Å². The van der Waals surface area contributed by atoms with Gasteiger partial charge in [0.15, 0.2) is 5.60 Å². The number of benzene rings is 1. The van der Waals surface area contributed by atoms with Gasteiger partial charge >= 0.3 is 0 Å². The second-order valence-electron chi connectivity index (χ2n) is 6.18. The van der Waals surface area contributed by atoms with E-state index in [0.717, 1.165) is 6.26 Å². The van der Waals surface area contributed by atoms with Gasteiger partial charge in [-0.3, -0.25) is 4.79 Å². The quantitative estimate of drug-likeness (QED) is 0.863. The first-order valence-corrected chi connectivity index (χ1v) is 9.76. The normalized spacial score (nSPS) is 22.9. The lowest BCUT2D eigenvalue weighted by Crippen LogP contribution is -2.44. The zero-order chi connectivity index (χ0) is 16.7. The van der Waals surface area contributed by atoms with E-state index >= 15 is 0 Å². The zero-order valence-corrected chi connectivity index (χ0v) is 14.4. The number of rotatable bonds is 5. The molecule has 6 nitrogen and oxygen atoms in total. The summed E-state index contributed by atoms with van der Waals surface area (Å²) in [5.41, 5.74) is -0.798. The molecule has 0 radical (unpaired) electrons. The molecule has 1 saturated heterocycles. The van der Waals surface area contributed by atoms with Crippen LogP contribution >= 0.6 is 11.6 Å².